The van der Waals surface area contributed by atoms with Crippen LogP contribution in [0.3, 0.4) is 0 Å². The third kappa shape index (κ3) is 1.92. The summed E-state index contributed by atoms with van der Waals surface area (Å²) in [4.78, 5) is 38.1. The molecular formula is C11H15ClN2O3. The molecule has 0 radical (unpaired) electrons. The molecule has 0 aliphatic carbocycles. The molecular weight excluding hydrogens is 244 g/mol. The van der Waals surface area contributed by atoms with Crippen LogP contribution in [-0.4, -0.2) is 53.0 Å². The maximum atomic E-state index is 11.8. The Hall–Kier alpha value is -1.10. The molecule has 0 spiro atoms. The highest BCUT2D eigenvalue weighted by molar-refractivity contribution is 6.30. The van der Waals surface area contributed by atoms with Gasteiger partial charge >= 0.3 is 0 Å². The van der Waals surface area contributed by atoms with Gasteiger partial charge in [-0.15, -0.1) is 11.6 Å². The number of hydrogen-bond acceptors (Lipinski definition) is 3. The molecule has 3 amide bonds. The van der Waals surface area contributed by atoms with E-state index in [1.54, 1.807) is 11.8 Å². The fraction of sp³-hybridized carbons (Fsp3) is 0.727. The number of piperidine rings is 1. The Kier molecular flexibility index (Phi) is 3.12. The predicted octanol–water partition coefficient (Wildman–Crippen LogP) is 0.0770. The topological polar surface area (TPSA) is 57.7 Å². The van der Waals surface area contributed by atoms with Crippen molar-refractivity contribution < 1.29 is 14.4 Å². The minimum absolute atomic E-state index is 0.119. The van der Waals surface area contributed by atoms with Crippen LogP contribution in [0, 0.1) is 11.8 Å². The van der Waals surface area contributed by atoms with Gasteiger partial charge < -0.3 is 4.90 Å². The molecule has 2 aliphatic heterocycles. The fourth-order valence-electron chi connectivity index (χ4n) is 2.56. The molecule has 0 unspecified atom stereocenters. The van der Waals surface area contributed by atoms with E-state index < -0.39 is 5.38 Å². The number of halogens is 1. The average molecular weight is 259 g/mol. The number of rotatable bonds is 1. The summed E-state index contributed by atoms with van der Waals surface area (Å²) in [5.74, 6) is -1.09. The first-order valence-electron chi connectivity index (χ1n) is 5.67. The Morgan fingerprint density at radius 1 is 1.35 bits per heavy atom. The zero-order chi connectivity index (χ0) is 12.7. The summed E-state index contributed by atoms with van der Waals surface area (Å²) < 4.78 is 0. The molecule has 0 bridgehead atoms. The van der Waals surface area contributed by atoms with E-state index in [0.717, 1.165) is 0 Å². The van der Waals surface area contributed by atoms with Crippen LogP contribution in [0.5, 0.6) is 0 Å². The normalized spacial score (nSPS) is 30.5. The molecule has 2 rings (SSSR count). The summed E-state index contributed by atoms with van der Waals surface area (Å²) >= 11 is 5.74. The standard InChI is InChI=1S/C11H15ClN2O3/c1-6(12)9(15)14-4-3-7-8(5-14)11(17)13(2)10(7)16/h6-8H,3-5H2,1-2H3/t6-,7-,8-/m0/s1. The number of amides is 3. The van der Waals surface area contributed by atoms with E-state index in [2.05, 4.69) is 0 Å². The quantitative estimate of drug-likeness (QED) is 0.494. The molecule has 5 nitrogen and oxygen atoms in total. The van der Waals surface area contributed by atoms with Gasteiger partial charge in [0.1, 0.15) is 5.38 Å². The molecule has 0 aromatic rings. The summed E-state index contributed by atoms with van der Waals surface area (Å²) in [5.41, 5.74) is 0. The van der Waals surface area contributed by atoms with E-state index in [0.29, 0.717) is 19.5 Å². The number of likely N-dealkylation sites (tertiary alicyclic amines) is 2. The van der Waals surface area contributed by atoms with Crippen LogP contribution in [0.4, 0.5) is 0 Å². The molecule has 2 fully saturated rings. The van der Waals surface area contributed by atoms with E-state index in [1.165, 1.54) is 11.9 Å². The van der Waals surface area contributed by atoms with Crippen molar-refractivity contribution in [3.8, 4) is 0 Å². The summed E-state index contributed by atoms with van der Waals surface area (Å²) in [5, 5.41) is -0.587. The number of alkyl halides is 1. The Balaban J connectivity index is 2.12. The second kappa shape index (κ2) is 4.29. The van der Waals surface area contributed by atoms with E-state index in [9.17, 15) is 14.4 Å². The van der Waals surface area contributed by atoms with Gasteiger partial charge in [-0.1, -0.05) is 0 Å². The van der Waals surface area contributed by atoms with E-state index in [4.69, 9.17) is 11.6 Å². The fourth-order valence-corrected chi connectivity index (χ4v) is 2.69. The molecule has 17 heavy (non-hydrogen) atoms. The highest BCUT2D eigenvalue weighted by atomic mass is 35.5. The summed E-state index contributed by atoms with van der Waals surface area (Å²) in [6, 6.07) is 0. The van der Waals surface area contributed by atoms with Crippen LogP contribution in [0.15, 0.2) is 0 Å². The van der Waals surface area contributed by atoms with E-state index in [-0.39, 0.29) is 29.6 Å². The van der Waals surface area contributed by atoms with Gasteiger partial charge in [-0.05, 0) is 13.3 Å². The monoisotopic (exact) mass is 258 g/mol. The van der Waals surface area contributed by atoms with Gasteiger partial charge in [-0.3, -0.25) is 19.3 Å². The van der Waals surface area contributed by atoms with Gasteiger partial charge in [-0.25, -0.2) is 0 Å². The summed E-state index contributed by atoms with van der Waals surface area (Å²) in [6.45, 7) is 2.43. The van der Waals surface area contributed by atoms with Gasteiger partial charge in [0, 0.05) is 20.1 Å². The van der Waals surface area contributed by atoms with Gasteiger partial charge in [0.25, 0.3) is 0 Å². The van der Waals surface area contributed by atoms with Gasteiger partial charge in [0.15, 0.2) is 0 Å². The molecule has 0 N–H and O–H groups in total. The Morgan fingerprint density at radius 3 is 2.53 bits per heavy atom. The smallest absolute Gasteiger partial charge is 0.240 e. The molecule has 6 heteroatoms. The van der Waals surface area contributed by atoms with Crippen molar-refractivity contribution in [2.75, 3.05) is 20.1 Å². The summed E-state index contributed by atoms with van der Waals surface area (Å²) in [7, 11) is 1.50. The molecule has 2 aliphatic rings. The molecule has 0 saturated carbocycles. The Labute approximate surface area is 105 Å². The zero-order valence-electron chi connectivity index (χ0n) is 9.85. The van der Waals surface area contributed by atoms with E-state index >= 15 is 0 Å². The number of nitrogens with zero attached hydrogens (tertiary/aromatic N) is 2. The van der Waals surface area contributed by atoms with Crippen LogP contribution in [0.1, 0.15) is 13.3 Å². The lowest BCUT2D eigenvalue weighted by atomic mass is 9.87. The maximum absolute atomic E-state index is 11.8. The lowest BCUT2D eigenvalue weighted by Gasteiger charge is -2.33. The highest BCUT2D eigenvalue weighted by Gasteiger charge is 2.49. The summed E-state index contributed by atoms with van der Waals surface area (Å²) in [6.07, 6.45) is 0.551. The van der Waals surface area contributed by atoms with Gasteiger partial charge in [0.05, 0.1) is 11.8 Å². The first-order chi connectivity index (χ1) is 7.93. The van der Waals surface area contributed by atoms with Crippen molar-refractivity contribution in [2.45, 2.75) is 18.7 Å². The number of carbonyl (C=O) groups excluding carboxylic acids is 3. The van der Waals surface area contributed by atoms with Crippen molar-refractivity contribution in [3.63, 3.8) is 0 Å². The first-order valence-corrected chi connectivity index (χ1v) is 6.11. The first kappa shape index (κ1) is 12.4. The molecule has 0 aromatic carbocycles. The SMILES string of the molecule is C[C@H](Cl)C(=O)N1CC[C@@H]2C(=O)N(C)C(=O)[C@H]2C1. The van der Waals surface area contributed by atoms with Gasteiger partial charge in [0.2, 0.25) is 17.7 Å². The third-order valence-corrected chi connectivity index (χ3v) is 3.75. The van der Waals surface area contributed by atoms with Crippen molar-refractivity contribution in [3.05, 3.63) is 0 Å². The van der Waals surface area contributed by atoms with Crippen LogP contribution < -0.4 is 0 Å². The Morgan fingerprint density at radius 2 is 1.94 bits per heavy atom. The van der Waals surface area contributed by atoms with Crippen LogP contribution in [0.2, 0.25) is 0 Å². The van der Waals surface area contributed by atoms with Crippen LogP contribution in [-0.2, 0) is 14.4 Å². The Bertz CT molecular complexity index is 383. The molecule has 0 aromatic heterocycles. The van der Waals surface area contributed by atoms with Crippen molar-refractivity contribution >= 4 is 29.3 Å². The van der Waals surface area contributed by atoms with Crippen molar-refractivity contribution in [1.29, 1.82) is 0 Å². The highest BCUT2D eigenvalue weighted by Crippen LogP contribution is 2.32. The lowest BCUT2D eigenvalue weighted by Crippen LogP contribution is -2.47. The van der Waals surface area contributed by atoms with E-state index in [1.807, 2.05) is 0 Å². The average Bonchev–Trinajstić information content (AvgIpc) is 2.53. The second-order valence-electron chi connectivity index (χ2n) is 4.64. The minimum Gasteiger partial charge on any atom is -0.341 e. The zero-order valence-corrected chi connectivity index (χ0v) is 10.6. The second-order valence-corrected chi connectivity index (χ2v) is 5.29. The molecule has 94 valence electrons. The predicted molar refractivity (Wildman–Crippen MR) is 61.3 cm³/mol. The maximum Gasteiger partial charge on any atom is 0.240 e. The van der Waals surface area contributed by atoms with Crippen molar-refractivity contribution in [2.24, 2.45) is 11.8 Å². The van der Waals surface area contributed by atoms with Crippen LogP contribution >= 0.6 is 11.6 Å². The largest absolute Gasteiger partial charge is 0.341 e. The number of carbonyl (C=O) groups is 3. The molecule has 3 atom stereocenters. The number of hydrogen-bond donors (Lipinski definition) is 0. The van der Waals surface area contributed by atoms with Crippen LogP contribution in [0.25, 0.3) is 0 Å². The molecule has 2 saturated heterocycles. The number of fused-ring (bicyclic) bond motifs is 1. The minimum atomic E-state index is -0.587. The number of imide groups is 1. The van der Waals surface area contributed by atoms with Crippen molar-refractivity contribution in [1.82, 2.24) is 9.80 Å². The lowest BCUT2D eigenvalue weighted by molar-refractivity contribution is -0.138. The third-order valence-electron chi connectivity index (χ3n) is 3.56. The van der Waals surface area contributed by atoms with Gasteiger partial charge in [-0.2, -0.15) is 0 Å². The molecule has 2 heterocycles.